The van der Waals surface area contributed by atoms with Crippen molar-refractivity contribution in [3.8, 4) is 0 Å². The highest BCUT2D eigenvalue weighted by molar-refractivity contribution is 5.98. The quantitative estimate of drug-likeness (QED) is 0.858. The first-order valence-electron chi connectivity index (χ1n) is 6.61. The van der Waals surface area contributed by atoms with Gasteiger partial charge in [0.15, 0.2) is 0 Å². The van der Waals surface area contributed by atoms with E-state index in [1.807, 2.05) is 19.1 Å². The first kappa shape index (κ1) is 13.1. The van der Waals surface area contributed by atoms with Crippen LogP contribution in [0.2, 0.25) is 0 Å². The third-order valence-electron chi connectivity index (χ3n) is 3.89. The lowest BCUT2D eigenvalue weighted by Crippen LogP contribution is -2.31. The van der Waals surface area contributed by atoms with E-state index in [0.29, 0.717) is 12.5 Å². The number of hydrogen-bond donors (Lipinski definition) is 2. The molecule has 1 aliphatic rings. The second-order valence-corrected chi connectivity index (χ2v) is 5.63. The zero-order valence-electron chi connectivity index (χ0n) is 11.4. The van der Waals surface area contributed by atoms with Crippen LogP contribution in [0.1, 0.15) is 43.7 Å². The van der Waals surface area contributed by atoms with Gasteiger partial charge in [-0.25, -0.2) is 0 Å². The Morgan fingerprint density at radius 3 is 2.61 bits per heavy atom. The van der Waals surface area contributed by atoms with Crippen molar-refractivity contribution in [2.75, 3.05) is 11.9 Å². The molecule has 1 aromatic carbocycles. The number of nitrogens with two attached hydrogens (primary N) is 1. The monoisotopic (exact) mass is 246 g/mol. The van der Waals surface area contributed by atoms with Crippen LogP contribution in [-0.4, -0.2) is 12.5 Å². The number of carbonyl (C=O) groups excluding carboxylic acids is 1. The molecule has 0 saturated heterocycles. The van der Waals surface area contributed by atoms with Crippen LogP contribution >= 0.6 is 0 Å². The molecule has 0 unspecified atom stereocenters. The molecule has 1 fully saturated rings. The molecule has 3 heteroatoms. The van der Waals surface area contributed by atoms with Gasteiger partial charge in [-0.2, -0.15) is 0 Å². The third kappa shape index (κ3) is 2.27. The first-order chi connectivity index (χ1) is 8.50. The van der Waals surface area contributed by atoms with Gasteiger partial charge >= 0.3 is 0 Å². The molecular formula is C15H22N2O. The van der Waals surface area contributed by atoms with E-state index in [1.54, 1.807) is 0 Å². The molecule has 1 amide bonds. The van der Waals surface area contributed by atoms with Gasteiger partial charge in [0.05, 0.1) is 5.41 Å². The lowest BCUT2D eigenvalue weighted by atomic mass is 9.97. The van der Waals surface area contributed by atoms with Crippen LogP contribution in [0.4, 0.5) is 5.69 Å². The van der Waals surface area contributed by atoms with Crippen LogP contribution in [-0.2, 0) is 4.79 Å². The van der Waals surface area contributed by atoms with E-state index in [1.165, 1.54) is 5.56 Å². The minimum atomic E-state index is -0.295. The molecule has 0 bridgehead atoms. The van der Waals surface area contributed by atoms with Crippen LogP contribution in [0, 0.1) is 12.3 Å². The van der Waals surface area contributed by atoms with E-state index in [0.717, 1.165) is 24.1 Å². The molecule has 98 valence electrons. The first-order valence-corrected chi connectivity index (χ1v) is 6.61. The minimum Gasteiger partial charge on any atom is -0.329 e. The highest BCUT2D eigenvalue weighted by Gasteiger charge is 2.48. The van der Waals surface area contributed by atoms with Crippen molar-refractivity contribution in [2.45, 2.75) is 39.5 Å². The van der Waals surface area contributed by atoms with Gasteiger partial charge in [0.2, 0.25) is 5.91 Å². The third-order valence-corrected chi connectivity index (χ3v) is 3.89. The summed E-state index contributed by atoms with van der Waals surface area (Å²) in [5.74, 6) is 0.481. The molecule has 1 aromatic rings. The van der Waals surface area contributed by atoms with E-state index >= 15 is 0 Å². The molecule has 0 radical (unpaired) electrons. The molecule has 1 saturated carbocycles. The summed E-state index contributed by atoms with van der Waals surface area (Å²) in [5.41, 5.74) is 8.68. The normalized spacial score (nSPS) is 16.7. The second kappa shape index (κ2) is 4.73. The standard InChI is InChI=1S/C15H22N2O/c1-10(2)12-6-4-5-11(3)13(12)17-14(18)15(9-16)7-8-15/h4-6,10H,7-9,16H2,1-3H3,(H,17,18). The van der Waals surface area contributed by atoms with Gasteiger partial charge in [0.1, 0.15) is 0 Å². The maximum absolute atomic E-state index is 12.3. The Bertz CT molecular complexity index is 462. The van der Waals surface area contributed by atoms with Crippen LogP contribution in [0.5, 0.6) is 0 Å². The summed E-state index contributed by atoms with van der Waals surface area (Å²) in [6.07, 6.45) is 1.83. The van der Waals surface area contributed by atoms with Crippen LogP contribution in [0.3, 0.4) is 0 Å². The van der Waals surface area contributed by atoms with Crippen molar-refractivity contribution in [1.82, 2.24) is 0 Å². The van der Waals surface area contributed by atoms with Gasteiger partial charge in [-0.05, 0) is 36.8 Å². The summed E-state index contributed by atoms with van der Waals surface area (Å²) in [4.78, 5) is 12.3. The second-order valence-electron chi connectivity index (χ2n) is 5.63. The summed E-state index contributed by atoms with van der Waals surface area (Å²) in [6.45, 7) is 6.76. The molecule has 2 rings (SSSR count). The van der Waals surface area contributed by atoms with Crippen LogP contribution < -0.4 is 11.1 Å². The Kier molecular flexibility index (Phi) is 3.44. The predicted molar refractivity (Wildman–Crippen MR) is 74.6 cm³/mol. The summed E-state index contributed by atoms with van der Waals surface area (Å²) >= 11 is 0. The maximum atomic E-state index is 12.3. The van der Waals surface area contributed by atoms with Crippen molar-refractivity contribution in [2.24, 2.45) is 11.1 Å². The van der Waals surface area contributed by atoms with Gasteiger partial charge in [-0.15, -0.1) is 0 Å². The smallest absolute Gasteiger partial charge is 0.231 e. The Balaban J connectivity index is 2.26. The zero-order valence-corrected chi connectivity index (χ0v) is 11.4. The topological polar surface area (TPSA) is 55.1 Å². The van der Waals surface area contributed by atoms with E-state index in [2.05, 4.69) is 25.2 Å². The average molecular weight is 246 g/mol. The molecule has 3 nitrogen and oxygen atoms in total. The van der Waals surface area contributed by atoms with Gasteiger partial charge in [0.25, 0.3) is 0 Å². The molecule has 0 heterocycles. The van der Waals surface area contributed by atoms with E-state index in [4.69, 9.17) is 5.73 Å². The molecule has 0 aliphatic heterocycles. The summed E-state index contributed by atoms with van der Waals surface area (Å²) < 4.78 is 0. The summed E-state index contributed by atoms with van der Waals surface area (Å²) in [7, 11) is 0. The van der Waals surface area contributed by atoms with Crippen molar-refractivity contribution >= 4 is 11.6 Å². The molecule has 3 N–H and O–H groups in total. The highest BCUT2D eigenvalue weighted by atomic mass is 16.2. The fourth-order valence-electron chi connectivity index (χ4n) is 2.26. The number of nitrogens with one attached hydrogen (secondary N) is 1. The van der Waals surface area contributed by atoms with E-state index in [-0.39, 0.29) is 11.3 Å². The molecule has 0 atom stereocenters. The number of aryl methyl sites for hydroxylation is 1. The Labute approximate surface area is 109 Å². The number of amides is 1. The largest absolute Gasteiger partial charge is 0.329 e. The number of rotatable bonds is 4. The minimum absolute atomic E-state index is 0.0844. The van der Waals surface area contributed by atoms with Gasteiger partial charge in [-0.1, -0.05) is 32.0 Å². The summed E-state index contributed by atoms with van der Waals surface area (Å²) in [6, 6.07) is 6.15. The van der Waals surface area contributed by atoms with Crippen molar-refractivity contribution in [1.29, 1.82) is 0 Å². The van der Waals surface area contributed by atoms with E-state index < -0.39 is 0 Å². The highest BCUT2D eigenvalue weighted by Crippen LogP contribution is 2.45. The Morgan fingerprint density at radius 1 is 1.44 bits per heavy atom. The number of para-hydroxylation sites is 1. The number of benzene rings is 1. The van der Waals surface area contributed by atoms with Crippen LogP contribution in [0.15, 0.2) is 18.2 Å². The fourth-order valence-corrected chi connectivity index (χ4v) is 2.26. The molecule has 18 heavy (non-hydrogen) atoms. The van der Waals surface area contributed by atoms with Crippen molar-refractivity contribution in [3.05, 3.63) is 29.3 Å². The predicted octanol–water partition coefficient (Wildman–Crippen LogP) is 2.80. The Hall–Kier alpha value is -1.35. The van der Waals surface area contributed by atoms with Crippen molar-refractivity contribution in [3.63, 3.8) is 0 Å². The lowest BCUT2D eigenvalue weighted by Gasteiger charge is -2.19. The SMILES string of the molecule is Cc1cccc(C(C)C)c1NC(=O)C1(CN)CC1. The van der Waals surface area contributed by atoms with E-state index in [9.17, 15) is 4.79 Å². The number of carbonyl (C=O) groups is 1. The molecular weight excluding hydrogens is 224 g/mol. The zero-order chi connectivity index (χ0) is 13.3. The van der Waals surface area contributed by atoms with Gasteiger partial charge < -0.3 is 11.1 Å². The lowest BCUT2D eigenvalue weighted by molar-refractivity contribution is -0.120. The molecule has 0 aromatic heterocycles. The number of hydrogen-bond acceptors (Lipinski definition) is 2. The molecule has 0 spiro atoms. The van der Waals surface area contributed by atoms with Crippen LogP contribution in [0.25, 0.3) is 0 Å². The summed E-state index contributed by atoms with van der Waals surface area (Å²) in [5, 5.41) is 3.09. The Morgan fingerprint density at radius 2 is 2.11 bits per heavy atom. The number of anilines is 1. The fraction of sp³-hybridized carbons (Fsp3) is 0.533. The van der Waals surface area contributed by atoms with Gasteiger partial charge in [0, 0.05) is 12.2 Å². The molecule has 1 aliphatic carbocycles. The maximum Gasteiger partial charge on any atom is 0.231 e. The van der Waals surface area contributed by atoms with Crippen molar-refractivity contribution < 1.29 is 4.79 Å². The van der Waals surface area contributed by atoms with Gasteiger partial charge in [-0.3, -0.25) is 4.79 Å². The average Bonchev–Trinajstić information content (AvgIpc) is 3.12.